The standard InChI is InChI=1S/C9H14ClN5O2/c1-2-5-17-9-14-7(10)13-8(15-9)12-4-3-6(11)16/h2-5H2,1H3,(H2,11,16)(H,12,13,14,15). The van der Waals surface area contributed by atoms with Crippen LogP contribution in [0.2, 0.25) is 5.28 Å². The van der Waals surface area contributed by atoms with Crippen LogP contribution in [-0.2, 0) is 4.79 Å². The molecule has 0 unspecified atom stereocenters. The lowest BCUT2D eigenvalue weighted by atomic mass is 10.4. The van der Waals surface area contributed by atoms with Gasteiger partial charge in [0.25, 0.3) is 0 Å². The molecule has 0 saturated heterocycles. The number of aromatic nitrogens is 3. The first kappa shape index (κ1) is 13.4. The minimum absolute atomic E-state index is 0.0349. The molecule has 0 aliphatic rings. The van der Waals surface area contributed by atoms with E-state index >= 15 is 0 Å². The molecule has 0 aliphatic carbocycles. The fourth-order valence-electron chi connectivity index (χ4n) is 0.966. The molecule has 1 aromatic rings. The highest BCUT2D eigenvalue weighted by atomic mass is 35.5. The maximum absolute atomic E-state index is 10.5. The van der Waals surface area contributed by atoms with Gasteiger partial charge in [0, 0.05) is 13.0 Å². The first-order valence-corrected chi connectivity index (χ1v) is 5.56. The number of amides is 1. The van der Waals surface area contributed by atoms with Gasteiger partial charge in [-0.05, 0) is 18.0 Å². The van der Waals surface area contributed by atoms with Crippen LogP contribution in [-0.4, -0.2) is 34.0 Å². The normalized spacial score (nSPS) is 10.0. The second-order valence-corrected chi connectivity index (χ2v) is 3.54. The van der Waals surface area contributed by atoms with Crippen molar-refractivity contribution in [3.63, 3.8) is 0 Å². The fourth-order valence-corrected chi connectivity index (χ4v) is 1.12. The van der Waals surface area contributed by atoms with Crippen LogP contribution in [0.5, 0.6) is 6.01 Å². The molecule has 0 spiro atoms. The van der Waals surface area contributed by atoms with E-state index in [0.717, 1.165) is 6.42 Å². The molecule has 0 aromatic carbocycles. The Morgan fingerprint density at radius 1 is 1.47 bits per heavy atom. The number of rotatable bonds is 7. The second kappa shape index (κ2) is 6.85. The van der Waals surface area contributed by atoms with Crippen LogP contribution < -0.4 is 15.8 Å². The monoisotopic (exact) mass is 259 g/mol. The van der Waals surface area contributed by atoms with Crippen molar-refractivity contribution >= 4 is 23.5 Å². The van der Waals surface area contributed by atoms with E-state index in [1.807, 2.05) is 6.92 Å². The van der Waals surface area contributed by atoms with Crippen LogP contribution in [0.25, 0.3) is 0 Å². The van der Waals surface area contributed by atoms with E-state index < -0.39 is 5.91 Å². The Morgan fingerprint density at radius 3 is 2.88 bits per heavy atom. The van der Waals surface area contributed by atoms with Gasteiger partial charge in [0.05, 0.1) is 6.61 Å². The van der Waals surface area contributed by atoms with Crippen LogP contribution in [0.1, 0.15) is 19.8 Å². The van der Waals surface area contributed by atoms with Crippen LogP contribution in [0.4, 0.5) is 5.95 Å². The number of primary amides is 1. The summed E-state index contributed by atoms with van der Waals surface area (Å²) in [5.41, 5.74) is 5.00. The third-order valence-corrected chi connectivity index (χ3v) is 1.85. The molecule has 1 heterocycles. The zero-order chi connectivity index (χ0) is 12.7. The van der Waals surface area contributed by atoms with Crippen molar-refractivity contribution < 1.29 is 9.53 Å². The number of halogens is 1. The number of nitrogens with two attached hydrogens (primary N) is 1. The SMILES string of the molecule is CCCOc1nc(Cl)nc(NCCC(N)=O)n1. The van der Waals surface area contributed by atoms with E-state index in [4.69, 9.17) is 22.1 Å². The summed E-state index contributed by atoms with van der Waals surface area (Å²) >= 11 is 5.70. The van der Waals surface area contributed by atoms with Crippen molar-refractivity contribution in [3.8, 4) is 6.01 Å². The molecule has 1 amide bonds. The molecule has 3 N–H and O–H groups in total. The Bertz CT molecular complexity index is 388. The van der Waals surface area contributed by atoms with Gasteiger partial charge in [-0.2, -0.15) is 15.0 Å². The molecule has 0 bridgehead atoms. The van der Waals surface area contributed by atoms with Crippen molar-refractivity contribution in [3.05, 3.63) is 5.28 Å². The average molecular weight is 260 g/mol. The molecule has 0 fully saturated rings. The minimum Gasteiger partial charge on any atom is -0.463 e. The molecular formula is C9H14ClN5O2. The van der Waals surface area contributed by atoms with Gasteiger partial charge >= 0.3 is 6.01 Å². The molecule has 94 valence electrons. The Kier molecular flexibility index (Phi) is 5.41. The Morgan fingerprint density at radius 2 is 2.24 bits per heavy atom. The van der Waals surface area contributed by atoms with E-state index in [2.05, 4.69) is 20.3 Å². The fraction of sp³-hybridized carbons (Fsp3) is 0.556. The lowest BCUT2D eigenvalue weighted by molar-refractivity contribution is -0.117. The summed E-state index contributed by atoms with van der Waals surface area (Å²) in [7, 11) is 0. The lowest BCUT2D eigenvalue weighted by Gasteiger charge is -2.06. The Labute approximate surface area is 104 Å². The molecular weight excluding hydrogens is 246 g/mol. The lowest BCUT2D eigenvalue weighted by Crippen LogP contribution is -2.17. The number of nitrogens with zero attached hydrogens (tertiary/aromatic N) is 3. The van der Waals surface area contributed by atoms with Gasteiger partial charge < -0.3 is 15.8 Å². The highest BCUT2D eigenvalue weighted by Crippen LogP contribution is 2.11. The summed E-state index contributed by atoms with van der Waals surface area (Å²) in [5, 5.41) is 2.84. The smallest absolute Gasteiger partial charge is 0.322 e. The van der Waals surface area contributed by atoms with Gasteiger partial charge in [-0.1, -0.05) is 6.92 Å². The molecule has 0 aliphatic heterocycles. The van der Waals surface area contributed by atoms with Crippen LogP contribution >= 0.6 is 11.6 Å². The van der Waals surface area contributed by atoms with E-state index in [0.29, 0.717) is 13.2 Å². The number of carbonyl (C=O) groups is 1. The molecule has 17 heavy (non-hydrogen) atoms. The van der Waals surface area contributed by atoms with Crippen LogP contribution in [0.15, 0.2) is 0 Å². The van der Waals surface area contributed by atoms with E-state index in [1.54, 1.807) is 0 Å². The van der Waals surface area contributed by atoms with Crippen LogP contribution in [0, 0.1) is 0 Å². The van der Waals surface area contributed by atoms with Crippen molar-refractivity contribution in [2.24, 2.45) is 5.73 Å². The minimum atomic E-state index is -0.403. The maximum Gasteiger partial charge on any atom is 0.322 e. The second-order valence-electron chi connectivity index (χ2n) is 3.20. The van der Waals surface area contributed by atoms with Gasteiger partial charge in [0.2, 0.25) is 17.1 Å². The van der Waals surface area contributed by atoms with Gasteiger partial charge in [0.1, 0.15) is 0 Å². The zero-order valence-corrected chi connectivity index (χ0v) is 10.2. The quantitative estimate of drug-likeness (QED) is 0.743. The van der Waals surface area contributed by atoms with Gasteiger partial charge in [-0.3, -0.25) is 4.79 Å². The third kappa shape index (κ3) is 5.30. The Balaban J connectivity index is 2.58. The van der Waals surface area contributed by atoms with E-state index in [9.17, 15) is 4.79 Å². The highest BCUT2D eigenvalue weighted by Gasteiger charge is 2.05. The zero-order valence-electron chi connectivity index (χ0n) is 9.44. The molecule has 0 radical (unpaired) electrons. The molecule has 0 atom stereocenters. The number of nitrogens with one attached hydrogen (secondary N) is 1. The summed E-state index contributed by atoms with van der Waals surface area (Å²) in [6.07, 6.45) is 1.03. The number of anilines is 1. The molecule has 1 rings (SSSR count). The molecule has 0 saturated carbocycles. The first-order valence-electron chi connectivity index (χ1n) is 5.18. The van der Waals surface area contributed by atoms with E-state index in [-0.39, 0.29) is 23.7 Å². The summed E-state index contributed by atoms with van der Waals surface area (Å²) in [6.45, 7) is 2.80. The van der Waals surface area contributed by atoms with Crippen LogP contribution in [0.3, 0.4) is 0 Å². The number of hydrogen-bond acceptors (Lipinski definition) is 6. The topological polar surface area (TPSA) is 103 Å². The van der Waals surface area contributed by atoms with E-state index in [1.165, 1.54) is 0 Å². The Hall–Kier alpha value is -1.63. The summed E-state index contributed by atoms with van der Waals surface area (Å²) in [4.78, 5) is 22.2. The number of hydrogen-bond donors (Lipinski definition) is 2. The summed E-state index contributed by atoms with van der Waals surface area (Å²) < 4.78 is 5.23. The first-order chi connectivity index (χ1) is 8.11. The van der Waals surface area contributed by atoms with Gasteiger partial charge in [-0.25, -0.2) is 0 Å². The molecule has 7 nitrogen and oxygen atoms in total. The van der Waals surface area contributed by atoms with Crippen molar-refractivity contribution in [1.29, 1.82) is 0 Å². The largest absolute Gasteiger partial charge is 0.463 e. The molecule has 8 heteroatoms. The molecule has 1 aromatic heterocycles. The predicted molar refractivity (Wildman–Crippen MR) is 62.9 cm³/mol. The van der Waals surface area contributed by atoms with Crippen molar-refractivity contribution in [1.82, 2.24) is 15.0 Å². The summed E-state index contributed by atoms with van der Waals surface area (Å²) in [5.74, 6) is -0.141. The van der Waals surface area contributed by atoms with Gasteiger partial charge in [0.15, 0.2) is 0 Å². The summed E-state index contributed by atoms with van der Waals surface area (Å²) in [6, 6.07) is 0.161. The third-order valence-electron chi connectivity index (χ3n) is 1.68. The number of ether oxygens (including phenoxy) is 1. The van der Waals surface area contributed by atoms with Gasteiger partial charge in [-0.15, -0.1) is 0 Å². The van der Waals surface area contributed by atoms with Crippen molar-refractivity contribution in [2.45, 2.75) is 19.8 Å². The average Bonchev–Trinajstić information content (AvgIpc) is 2.25. The van der Waals surface area contributed by atoms with Crippen molar-refractivity contribution in [2.75, 3.05) is 18.5 Å². The maximum atomic E-state index is 10.5. The number of carbonyl (C=O) groups excluding carboxylic acids is 1. The highest BCUT2D eigenvalue weighted by molar-refractivity contribution is 6.28. The predicted octanol–water partition coefficient (Wildman–Crippen LogP) is 0.601.